The lowest BCUT2D eigenvalue weighted by molar-refractivity contribution is -0.144. The van der Waals surface area contributed by atoms with Crippen LogP contribution in [0.1, 0.15) is 73.1 Å². The van der Waals surface area contributed by atoms with Gasteiger partial charge >= 0.3 is 5.97 Å². The third-order valence-corrected chi connectivity index (χ3v) is 6.68. The van der Waals surface area contributed by atoms with Gasteiger partial charge in [-0.2, -0.15) is 0 Å². The number of fused-ring (bicyclic) bond motifs is 1. The van der Waals surface area contributed by atoms with E-state index in [0.717, 1.165) is 37.7 Å². The van der Waals surface area contributed by atoms with E-state index in [1.54, 1.807) is 0 Å². The van der Waals surface area contributed by atoms with E-state index in [9.17, 15) is 15.0 Å². The molecule has 2 rings (SSSR count). The fourth-order valence-electron chi connectivity index (χ4n) is 4.94. The minimum atomic E-state index is -0.633. The standard InChI is InChI=1S/C22H36O4/c1-15(2)22(25)11-10-21(5)9-8-18(14-23)13-19(26-17(4)24)12-16(3)6-7-20(21)22/h8,12,15,19-20,23,25H,6-7,9-11,13-14H2,1-5H3/b16-12+,18-8-/t19-,20+,21-,22+/m0/s1. The Hall–Kier alpha value is -1.13. The molecule has 0 saturated heterocycles. The molecule has 0 amide bonds. The second-order valence-electron chi connectivity index (χ2n) is 8.98. The number of hydrogen-bond donors (Lipinski definition) is 2. The number of aliphatic hydroxyl groups excluding tert-OH is 1. The first kappa shape index (κ1) is 21.2. The summed E-state index contributed by atoms with van der Waals surface area (Å²) in [5.41, 5.74) is 1.48. The van der Waals surface area contributed by atoms with Crippen molar-refractivity contribution in [2.24, 2.45) is 17.3 Å². The molecule has 0 unspecified atom stereocenters. The summed E-state index contributed by atoms with van der Waals surface area (Å²) in [6, 6.07) is 0. The van der Waals surface area contributed by atoms with Gasteiger partial charge in [0, 0.05) is 13.3 Å². The zero-order valence-corrected chi connectivity index (χ0v) is 17.0. The second kappa shape index (κ2) is 8.26. The molecule has 0 aromatic heterocycles. The topological polar surface area (TPSA) is 66.8 Å². The Balaban J connectivity index is 2.37. The molecule has 4 nitrogen and oxygen atoms in total. The van der Waals surface area contributed by atoms with Gasteiger partial charge in [0.05, 0.1) is 12.2 Å². The van der Waals surface area contributed by atoms with E-state index in [2.05, 4.69) is 33.8 Å². The molecule has 0 aliphatic heterocycles. The summed E-state index contributed by atoms with van der Waals surface area (Å²) in [6.07, 6.45) is 8.83. The molecule has 148 valence electrons. The first-order valence-corrected chi connectivity index (χ1v) is 9.96. The first-order valence-electron chi connectivity index (χ1n) is 9.96. The molecule has 0 bridgehead atoms. The van der Waals surface area contributed by atoms with Crippen LogP contribution in [-0.4, -0.2) is 34.5 Å². The van der Waals surface area contributed by atoms with Crippen molar-refractivity contribution >= 4 is 5.97 Å². The molecule has 0 spiro atoms. The minimum Gasteiger partial charge on any atom is -0.458 e. The Morgan fingerprint density at radius 1 is 1.38 bits per heavy atom. The summed E-state index contributed by atoms with van der Waals surface area (Å²) < 4.78 is 5.45. The lowest BCUT2D eigenvalue weighted by atomic mass is 9.67. The highest BCUT2D eigenvalue weighted by Gasteiger charge is 2.54. The number of aliphatic hydroxyl groups is 2. The number of hydrogen-bond acceptors (Lipinski definition) is 4. The van der Waals surface area contributed by atoms with E-state index >= 15 is 0 Å². The number of ether oxygens (including phenoxy) is 1. The average molecular weight is 365 g/mol. The molecule has 0 aromatic carbocycles. The Labute approximate surface area is 158 Å². The summed E-state index contributed by atoms with van der Waals surface area (Å²) in [6.45, 7) is 9.97. The molecular formula is C22H36O4. The van der Waals surface area contributed by atoms with Crippen molar-refractivity contribution in [1.82, 2.24) is 0 Å². The summed E-state index contributed by atoms with van der Waals surface area (Å²) in [5.74, 6) is 0.142. The highest BCUT2D eigenvalue weighted by Crippen LogP contribution is 2.56. The highest BCUT2D eigenvalue weighted by atomic mass is 16.5. The van der Waals surface area contributed by atoms with Crippen molar-refractivity contribution in [2.45, 2.75) is 84.8 Å². The van der Waals surface area contributed by atoms with Crippen LogP contribution in [0, 0.1) is 17.3 Å². The molecule has 4 atom stereocenters. The number of allylic oxidation sites excluding steroid dienone is 2. The third kappa shape index (κ3) is 4.58. The van der Waals surface area contributed by atoms with Crippen LogP contribution in [0.25, 0.3) is 0 Å². The molecule has 0 heterocycles. The number of carbonyl (C=O) groups is 1. The predicted molar refractivity (Wildman–Crippen MR) is 104 cm³/mol. The Bertz CT molecular complexity index is 577. The lowest BCUT2D eigenvalue weighted by Crippen LogP contribution is -2.43. The smallest absolute Gasteiger partial charge is 0.303 e. The minimum absolute atomic E-state index is 0.0279. The van der Waals surface area contributed by atoms with Crippen LogP contribution in [0.4, 0.5) is 0 Å². The first-order chi connectivity index (χ1) is 12.1. The van der Waals surface area contributed by atoms with E-state index < -0.39 is 5.60 Å². The predicted octanol–water partition coefficient (Wildman–Crippen LogP) is 4.16. The molecule has 0 aromatic rings. The van der Waals surface area contributed by atoms with Gasteiger partial charge in [-0.25, -0.2) is 0 Å². The summed E-state index contributed by atoms with van der Waals surface area (Å²) in [4.78, 5) is 11.4. The van der Waals surface area contributed by atoms with Gasteiger partial charge in [-0.3, -0.25) is 4.79 Å². The van der Waals surface area contributed by atoms with Crippen molar-refractivity contribution in [1.29, 1.82) is 0 Å². The molecule has 26 heavy (non-hydrogen) atoms. The van der Waals surface area contributed by atoms with Gasteiger partial charge in [0.25, 0.3) is 0 Å². The van der Waals surface area contributed by atoms with Crippen molar-refractivity contribution in [3.05, 3.63) is 23.3 Å². The summed E-state index contributed by atoms with van der Waals surface area (Å²) in [5, 5.41) is 21.2. The lowest BCUT2D eigenvalue weighted by Gasteiger charge is -2.41. The number of rotatable bonds is 3. The quantitative estimate of drug-likeness (QED) is 0.583. The average Bonchev–Trinajstić information content (AvgIpc) is 2.80. The molecule has 2 aliphatic carbocycles. The monoisotopic (exact) mass is 364 g/mol. The molecule has 4 heteroatoms. The summed E-state index contributed by atoms with van der Waals surface area (Å²) in [7, 11) is 0. The van der Waals surface area contributed by atoms with E-state index in [1.807, 2.05) is 6.08 Å². The van der Waals surface area contributed by atoms with Crippen LogP contribution in [0.3, 0.4) is 0 Å². The van der Waals surface area contributed by atoms with Gasteiger partial charge in [0.15, 0.2) is 0 Å². The Kier molecular flexibility index (Phi) is 6.73. The summed E-state index contributed by atoms with van der Waals surface area (Å²) >= 11 is 0. The zero-order chi connectivity index (χ0) is 19.5. The zero-order valence-electron chi connectivity index (χ0n) is 17.0. The largest absolute Gasteiger partial charge is 0.458 e. The third-order valence-electron chi connectivity index (χ3n) is 6.68. The van der Waals surface area contributed by atoms with Gasteiger partial charge in [-0.15, -0.1) is 0 Å². The van der Waals surface area contributed by atoms with Crippen molar-refractivity contribution in [2.75, 3.05) is 6.61 Å². The molecule has 1 saturated carbocycles. The van der Waals surface area contributed by atoms with E-state index in [-0.39, 0.29) is 35.9 Å². The van der Waals surface area contributed by atoms with Crippen LogP contribution < -0.4 is 0 Å². The van der Waals surface area contributed by atoms with Crippen molar-refractivity contribution < 1.29 is 19.7 Å². The Morgan fingerprint density at radius 3 is 2.65 bits per heavy atom. The maximum absolute atomic E-state index is 11.4. The van der Waals surface area contributed by atoms with Gasteiger partial charge in [-0.05, 0) is 67.9 Å². The van der Waals surface area contributed by atoms with Crippen LogP contribution in [0.2, 0.25) is 0 Å². The van der Waals surface area contributed by atoms with Gasteiger partial charge in [-0.1, -0.05) is 32.4 Å². The van der Waals surface area contributed by atoms with Crippen molar-refractivity contribution in [3.8, 4) is 0 Å². The second-order valence-corrected chi connectivity index (χ2v) is 8.98. The highest BCUT2D eigenvalue weighted by molar-refractivity contribution is 5.66. The van der Waals surface area contributed by atoms with Crippen LogP contribution in [0.15, 0.2) is 23.3 Å². The fraction of sp³-hybridized carbons (Fsp3) is 0.773. The Morgan fingerprint density at radius 2 is 2.08 bits per heavy atom. The maximum Gasteiger partial charge on any atom is 0.303 e. The maximum atomic E-state index is 11.4. The van der Waals surface area contributed by atoms with E-state index in [1.165, 1.54) is 12.5 Å². The molecule has 2 N–H and O–H groups in total. The number of esters is 1. The van der Waals surface area contributed by atoms with Gasteiger partial charge in [0.2, 0.25) is 0 Å². The van der Waals surface area contributed by atoms with E-state index in [4.69, 9.17) is 4.74 Å². The fourth-order valence-corrected chi connectivity index (χ4v) is 4.94. The molecule has 0 radical (unpaired) electrons. The van der Waals surface area contributed by atoms with Crippen molar-refractivity contribution in [3.63, 3.8) is 0 Å². The number of carbonyl (C=O) groups excluding carboxylic acids is 1. The van der Waals surface area contributed by atoms with Crippen LogP contribution in [0.5, 0.6) is 0 Å². The molecule has 2 aliphatic rings. The van der Waals surface area contributed by atoms with E-state index in [0.29, 0.717) is 6.42 Å². The molecule has 1 fully saturated rings. The van der Waals surface area contributed by atoms with Gasteiger partial charge in [0.1, 0.15) is 6.10 Å². The SMILES string of the molecule is CC(=O)O[C@H]1/C=C(\C)CC[C@@H]2[C@@](C)(C/C=C(\CO)C1)CC[C@@]2(O)C(C)C. The normalized spacial score (nSPS) is 40.0. The molecular weight excluding hydrogens is 328 g/mol. The van der Waals surface area contributed by atoms with Crippen LogP contribution >= 0.6 is 0 Å². The van der Waals surface area contributed by atoms with Crippen LogP contribution in [-0.2, 0) is 9.53 Å². The van der Waals surface area contributed by atoms with Gasteiger partial charge < -0.3 is 14.9 Å².